The number of rotatable bonds is 17. The predicted molar refractivity (Wildman–Crippen MR) is 228 cm³/mol. The van der Waals surface area contributed by atoms with E-state index in [4.69, 9.17) is 5.73 Å². The molecule has 3 heterocycles. The first-order valence-corrected chi connectivity index (χ1v) is 20.5. The summed E-state index contributed by atoms with van der Waals surface area (Å²) in [6, 6.07) is 1.79. The molecule has 0 unspecified atom stereocenters. The molecule has 2 saturated heterocycles. The predicted octanol–water partition coefficient (Wildman–Crippen LogP) is 5.06. The molecular weight excluding hydrogens is 751 g/mol. The Bertz CT molecular complexity index is 1920. The van der Waals surface area contributed by atoms with Gasteiger partial charge in [-0.1, -0.05) is 45.9 Å². The van der Waals surface area contributed by atoms with Crippen LogP contribution in [0.15, 0.2) is 76.2 Å². The second-order valence-electron chi connectivity index (χ2n) is 16.3. The van der Waals surface area contributed by atoms with Crippen LogP contribution in [0.4, 0.5) is 10.5 Å². The summed E-state index contributed by atoms with van der Waals surface area (Å²) < 4.78 is 0. The zero-order valence-electron chi connectivity index (χ0n) is 35.7. The van der Waals surface area contributed by atoms with Crippen LogP contribution in [-0.2, 0) is 24.0 Å². The molecule has 0 radical (unpaired) electrons. The highest BCUT2D eigenvalue weighted by Gasteiger charge is 2.49. The molecule has 2 aliphatic heterocycles. The van der Waals surface area contributed by atoms with Crippen LogP contribution in [0.25, 0.3) is 0 Å². The number of likely N-dealkylation sites (tertiary alicyclic amines) is 1. The van der Waals surface area contributed by atoms with Crippen LogP contribution in [-0.4, -0.2) is 105 Å². The average Bonchev–Trinajstić information content (AvgIpc) is 3.68. The third-order valence-electron chi connectivity index (χ3n) is 11.1. The topological polar surface area (TPSA) is 200 Å². The van der Waals surface area contributed by atoms with Gasteiger partial charge < -0.3 is 21.3 Å². The Balaban J connectivity index is 1.46. The van der Waals surface area contributed by atoms with Crippen LogP contribution in [0.3, 0.4) is 0 Å². The monoisotopic (exact) mass is 811 g/mol. The van der Waals surface area contributed by atoms with E-state index in [-0.39, 0.29) is 53.8 Å². The van der Waals surface area contributed by atoms with Gasteiger partial charge in [-0.2, -0.15) is 0 Å². The molecule has 3 atom stereocenters. The van der Waals surface area contributed by atoms with Crippen molar-refractivity contribution in [2.75, 3.05) is 20.1 Å². The second kappa shape index (κ2) is 20.8. The zero-order chi connectivity index (χ0) is 43.4. The van der Waals surface area contributed by atoms with Crippen molar-refractivity contribution in [2.24, 2.45) is 33.5 Å². The van der Waals surface area contributed by atoms with Crippen LogP contribution < -0.4 is 16.4 Å². The number of carbonyl (C=O) groups is 6. The first kappa shape index (κ1) is 46.0. The molecule has 15 heteroatoms. The van der Waals surface area contributed by atoms with Crippen molar-refractivity contribution in [3.63, 3.8) is 0 Å². The molecule has 1 saturated carbocycles. The summed E-state index contributed by atoms with van der Waals surface area (Å²) in [5.41, 5.74) is 7.13. The van der Waals surface area contributed by atoms with Gasteiger partial charge in [-0.25, -0.2) is 14.8 Å². The molecule has 1 aromatic rings. The van der Waals surface area contributed by atoms with Crippen molar-refractivity contribution >= 4 is 53.2 Å². The van der Waals surface area contributed by atoms with Gasteiger partial charge in [0, 0.05) is 55.2 Å². The third-order valence-corrected chi connectivity index (χ3v) is 11.1. The maximum absolute atomic E-state index is 14.3. The van der Waals surface area contributed by atoms with E-state index < -0.39 is 35.5 Å². The van der Waals surface area contributed by atoms with Gasteiger partial charge in [-0.15, -0.1) is 0 Å². The van der Waals surface area contributed by atoms with Crippen LogP contribution in [0, 0.1) is 24.7 Å². The number of carbonyl (C=O) groups excluding carboxylic acids is 6. The quantitative estimate of drug-likeness (QED) is 0.0840. The van der Waals surface area contributed by atoms with Gasteiger partial charge in [0.1, 0.15) is 23.8 Å². The lowest BCUT2D eigenvalue weighted by atomic mass is 9.75. The highest BCUT2D eigenvalue weighted by Crippen LogP contribution is 2.34. The second-order valence-corrected chi connectivity index (χ2v) is 16.3. The Hall–Kier alpha value is -5.73. The zero-order valence-corrected chi connectivity index (χ0v) is 35.7. The summed E-state index contributed by atoms with van der Waals surface area (Å²) in [4.78, 5) is 98.7. The van der Waals surface area contributed by atoms with Gasteiger partial charge >= 0.3 is 6.03 Å². The fraction of sp³-hybridized carbons (Fsp3) is 0.523. The standard InChI is InChI=1S/C44H61N9O6/c1-9-10-13-32(17-21-52-26-33(24-45)39(51(8)43(52)59)48-27-47-34-16-15-30(6)46-25-34)38(55)23-35(29(4)5)41(57)53-20-11-14-37(53)40(56)50-44(18-12-19-44)42(58)49-36(31(7)54)22-28(2)3/h9-10,13,15-17,21,24-25,27-29,35-37H,11-12,14,18-20,22-23,26,45H2,1-8H3,(H,49,58)(H,50,56)/b10-9+,21-17+,32-13+,33-24?,47-27?,48-39?/t35-,36-,37-/m0/s1. The first-order chi connectivity index (χ1) is 28.0. The number of Topliss-reactive ketones (excluding diaryl/α,β-unsaturated/α-hetero) is 2. The number of nitrogens with two attached hydrogens (primary N) is 1. The van der Waals surface area contributed by atoms with Gasteiger partial charge in [0.2, 0.25) is 17.7 Å². The maximum atomic E-state index is 14.3. The fourth-order valence-electron chi connectivity index (χ4n) is 7.33. The molecule has 318 valence electrons. The molecular formula is C44H61N9O6. The molecule has 5 amide bonds. The Labute approximate surface area is 348 Å². The summed E-state index contributed by atoms with van der Waals surface area (Å²) in [5.74, 6) is -2.01. The molecule has 0 spiro atoms. The van der Waals surface area contributed by atoms with E-state index in [9.17, 15) is 28.8 Å². The Morgan fingerprint density at radius 3 is 2.41 bits per heavy atom. The van der Waals surface area contributed by atoms with Crippen molar-refractivity contribution in [2.45, 2.75) is 111 Å². The highest BCUT2D eigenvalue weighted by molar-refractivity contribution is 6.12. The van der Waals surface area contributed by atoms with E-state index >= 15 is 0 Å². The lowest BCUT2D eigenvalue weighted by molar-refractivity contribution is -0.146. The van der Waals surface area contributed by atoms with Crippen molar-refractivity contribution in [1.82, 2.24) is 30.3 Å². The number of ketones is 2. The molecule has 59 heavy (non-hydrogen) atoms. The van der Waals surface area contributed by atoms with E-state index in [0.29, 0.717) is 55.7 Å². The average molecular weight is 812 g/mol. The van der Waals surface area contributed by atoms with Gasteiger partial charge in [0.05, 0.1) is 24.5 Å². The van der Waals surface area contributed by atoms with Crippen molar-refractivity contribution in [3.8, 4) is 0 Å². The minimum Gasteiger partial charge on any atom is -0.404 e. The number of aromatic nitrogens is 1. The lowest BCUT2D eigenvalue weighted by Crippen LogP contribution is -2.66. The number of aliphatic imine (C=N–C) groups is 2. The maximum Gasteiger partial charge on any atom is 0.329 e. The largest absolute Gasteiger partial charge is 0.404 e. The summed E-state index contributed by atoms with van der Waals surface area (Å²) in [7, 11) is 1.57. The van der Waals surface area contributed by atoms with Crippen molar-refractivity contribution in [3.05, 3.63) is 71.9 Å². The summed E-state index contributed by atoms with van der Waals surface area (Å²) >= 11 is 0. The summed E-state index contributed by atoms with van der Waals surface area (Å²) in [5, 5.41) is 5.85. The van der Waals surface area contributed by atoms with Crippen LogP contribution in [0.5, 0.6) is 0 Å². The number of amidine groups is 1. The van der Waals surface area contributed by atoms with Crippen LogP contribution in [0.1, 0.15) is 92.2 Å². The molecule has 3 aliphatic rings. The number of hydrogen-bond acceptors (Lipinski definition) is 9. The van der Waals surface area contributed by atoms with E-state index in [1.165, 1.54) is 35.5 Å². The summed E-state index contributed by atoms with van der Waals surface area (Å²) in [6.07, 6.45) is 15.5. The smallest absolute Gasteiger partial charge is 0.329 e. The normalized spacial score (nSPS) is 21.0. The van der Waals surface area contributed by atoms with E-state index in [2.05, 4.69) is 25.6 Å². The molecule has 0 bridgehead atoms. The van der Waals surface area contributed by atoms with Gasteiger partial charge in [0.15, 0.2) is 11.6 Å². The SMILES string of the molecule is C/C=C/C=C(\C=C\N1CC(=CN)C(=NC=Nc2ccc(C)nc2)N(C)C1=O)C(=O)C[C@H](C(=O)N1CCC[C@H]1C(=O)NC1(C(=O)N[C@@H](CC(C)C)C(C)=O)CCC1)C(C)C. The molecule has 15 nitrogen and oxygen atoms in total. The highest BCUT2D eigenvalue weighted by atomic mass is 16.2. The van der Waals surface area contributed by atoms with Gasteiger partial charge in [-0.3, -0.25) is 38.8 Å². The number of likely N-dealkylation sites (N-methyl/N-ethyl adjacent to an activating group) is 1. The lowest BCUT2D eigenvalue weighted by Gasteiger charge is -2.42. The Kier molecular flexibility index (Phi) is 16.2. The number of allylic oxidation sites excluding steroid dienone is 5. The number of urea groups is 1. The minimum atomic E-state index is -1.14. The number of aryl methyl sites for hydroxylation is 1. The Morgan fingerprint density at radius 1 is 1.10 bits per heavy atom. The number of pyridine rings is 1. The Morgan fingerprint density at radius 2 is 1.83 bits per heavy atom. The molecule has 4 rings (SSSR count). The van der Waals surface area contributed by atoms with Crippen LogP contribution >= 0.6 is 0 Å². The van der Waals surface area contributed by atoms with E-state index in [1.54, 1.807) is 48.5 Å². The molecule has 4 N–H and O–H groups in total. The van der Waals surface area contributed by atoms with Crippen molar-refractivity contribution in [1.29, 1.82) is 0 Å². The van der Waals surface area contributed by atoms with Gasteiger partial charge in [0.25, 0.3) is 0 Å². The molecule has 0 aromatic carbocycles. The minimum absolute atomic E-state index is 0.0870. The van der Waals surface area contributed by atoms with Crippen molar-refractivity contribution < 1.29 is 28.8 Å². The molecule has 3 fully saturated rings. The number of nitrogens with zero attached hydrogens (tertiary/aromatic N) is 6. The first-order valence-electron chi connectivity index (χ1n) is 20.5. The molecule has 1 aliphatic carbocycles. The van der Waals surface area contributed by atoms with E-state index in [1.807, 2.05) is 47.6 Å². The summed E-state index contributed by atoms with van der Waals surface area (Å²) in [6.45, 7) is 13.3. The number of hydrogen-bond donors (Lipinski definition) is 3. The molecule has 1 aromatic heterocycles. The number of amides is 5. The third kappa shape index (κ3) is 11.7. The van der Waals surface area contributed by atoms with Gasteiger partial charge in [-0.05, 0) is 89.3 Å². The van der Waals surface area contributed by atoms with Crippen LogP contribution in [0.2, 0.25) is 0 Å². The number of nitrogens with one attached hydrogen (secondary N) is 2. The van der Waals surface area contributed by atoms with E-state index in [0.717, 1.165) is 12.1 Å². The fourth-order valence-corrected chi connectivity index (χ4v) is 7.33.